The van der Waals surface area contributed by atoms with Gasteiger partial charge in [0, 0.05) is 40.9 Å². The van der Waals surface area contributed by atoms with E-state index in [2.05, 4.69) is 18.7 Å². The van der Waals surface area contributed by atoms with Gasteiger partial charge in [-0.3, -0.25) is 0 Å². The van der Waals surface area contributed by atoms with Crippen molar-refractivity contribution in [3.8, 4) is 0 Å². The van der Waals surface area contributed by atoms with Crippen LogP contribution in [0.2, 0.25) is 0 Å². The van der Waals surface area contributed by atoms with Gasteiger partial charge in [-0.1, -0.05) is 13.0 Å². The van der Waals surface area contributed by atoms with Gasteiger partial charge in [0.25, 0.3) is 0 Å². The van der Waals surface area contributed by atoms with Crippen LogP contribution < -0.4 is 10.6 Å². The van der Waals surface area contributed by atoms with Crippen molar-refractivity contribution in [3.05, 3.63) is 29.6 Å². The molecule has 0 amide bonds. The number of hydrogen-bond donors (Lipinski definition) is 1. The number of nitrogens with two attached hydrogens (primary N) is 1. The van der Waals surface area contributed by atoms with E-state index in [1.54, 1.807) is 6.07 Å². The SMILES string of the molecule is CC(N)Cc1c(F)cccc1N1CCSC(C)C1C. The molecule has 1 saturated heterocycles. The first-order valence-electron chi connectivity index (χ1n) is 6.92. The second kappa shape index (κ2) is 6.14. The highest BCUT2D eigenvalue weighted by Crippen LogP contribution is 2.32. The number of rotatable bonds is 3. The Morgan fingerprint density at radius 3 is 2.89 bits per heavy atom. The van der Waals surface area contributed by atoms with E-state index in [1.807, 2.05) is 24.8 Å². The summed E-state index contributed by atoms with van der Waals surface area (Å²) in [7, 11) is 0. The predicted molar refractivity (Wildman–Crippen MR) is 82.5 cm³/mol. The Morgan fingerprint density at radius 1 is 1.47 bits per heavy atom. The predicted octanol–water partition coefficient (Wildman–Crippen LogP) is 3.05. The van der Waals surface area contributed by atoms with Crippen molar-refractivity contribution in [1.29, 1.82) is 0 Å². The number of thioether (sulfide) groups is 1. The summed E-state index contributed by atoms with van der Waals surface area (Å²) in [5, 5.41) is 0.570. The molecule has 1 aliphatic rings. The maximum Gasteiger partial charge on any atom is 0.128 e. The standard InChI is InChI=1S/C15H23FN2S/c1-10(17)9-13-14(16)5-4-6-15(13)18-7-8-19-12(3)11(18)2/h4-6,10-12H,7-9,17H2,1-3H3. The van der Waals surface area contributed by atoms with E-state index in [-0.39, 0.29) is 11.9 Å². The lowest BCUT2D eigenvalue weighted by atomic mass is 10.0. The maximum atomic E-state index is 14.1. The van der Waals surface area contributed by atoms with Crippen LogP contribution in [0.15, 0.2) is 18.2 Å². The third kappa shape index (κ3) is 3.23. The van der Waals surface area contributed by atoms with E-state index in [4.69, 9.17) is 5.73 Å². The molecule has 19 heavy (non-hydrogen) atoms. The molecule has 1 aromatic rings. The number of benzene rings is 1. The molecule has 0 spiro atoms. The van der Waals surface area contributed by atoms with Gasteiger partial charge < -0.3 is 10.6 Å². The molecule has 0 aromatic heterocycles. The van der Waals surface area contributed by atoms with Crippen LogP contribution in [0.3, 0.4) is 0 Å². The molecule has 0 saturated carbocycles. The average molecular weight is 282 g/mol. The molecule has 4 heteroatoms. The molecule has 1 heterocycles. The Hall–Kier alpha value is -0.740. The minimum absolute atomic E-state index is 0.0254. The van der Waals surface area contributed by atoms with Crippen molar-refractivity contribution >= 4 is 17.4 Å². The molecule has 3 atom stereocenters. The highest BCUT2D eigenvalue weighted by Gasteiger charge is 2.27. The molecule has 1 fully saturated rings. The molecule has 106 valence electrons. The molecule has 1 aromatic carbocycles. The van der Waals surface area contributed by atoms with Gasteiger partial charge in [-0.2, -0.15) is 11.8 Å². The maximum absolute atomic E-state index is 14.1. The van der Waals surface area contributed by atoms with Crippen molar-refractivity contribution < 1.29 is 4.39 Å². The van der Waals surface area contributed by atoms with Crippen molar-refractivity contribution in [1.82, 2.24) is 0 Å². The van der Waals surface area contributed by atoms with E-state index >= 15 is 0 Å². The highest BCUT2D eigenvalue weighted by molar-refractivity contribution is 8.00. The van der Waals surface area contributed by atoms with Crippen molar-refractivity contribution in [2.24, 2.45) is 5.73 Å². The lowest BCUT2D eigenvalue weighted by Gasteiger charge is -2.40. The number of nitrogens with zero attached hydrogens (tertiary/aromatic N) is 1. The molecule has 2 nitrogen and oxygen atoms in total. The molecule has 0 bridgehead atoms. The summed E-state index contributed by atoms with van der Waals surface area (Å²) in [6.45, 7) is 7.36. The Labute approximate surface area is 119 Å². The second-order valence-electron chi connectivity index (χ2n) is 5.43. The van der Waals surface area contributed by atoms with Gasteiger partial charge >= 0.3 is 0 Å². The minimum Gasteiger partial charge on any atom is -0.367 e. The summed E-state index contributed by atoms with van der Waals surface area (Å²) in [6.07, 6.45) is 0.590. The smallest absolute Gasteiger partial charge is 0.128 e. The summed E-state index contributed by atoms with van der Waals surface area (Å²) in [6, 6.07) is 5.76. The van der Waals surface area contributed by atoms with Crippen LogP contribution in [0, 0.1) is 5.82 Å². The largest absolute Gasteiger partial charge is 0.367 e. The summed E-state index contributed by atoms with van der Waals surface area (Å²) in [5.74, 6) is 0.965. The van der Waals surface area contributed by atoms with Gasteiger partial charge in [0.2, 0.25) is 0 Å². The van der Waals surface area contributed by atoms with Gasteiger partial charge in [0.1, 0.15) is 5.82 Å². The van der Waals surface area contributed by atoms with Crippen LogP contribution in [0.4, 0.5) is 10.1 Å². The molecular weight excluding hydrogens is 259 g/mol. The summed E-state index contributed by atoms with van der Waals surface area (Å²) < 4.78 is 14.1. The normalized spacial score (nSPS) is 25.4. The Bertz CT molecular complexity index is 436. The Kier molecular flexibility index (Phi) is 4.74. The van der Waals surface area contributed by atoms with Crippen molar-refractivity contribution in [2.45, 2.75) is 44.5 Å². The first-order valence-corrected chi connectivity index (χ1v) is 7.96. The Balaban J connectivity index is 2.35. The average Bonchev–Trinajstić information content (AvgIpc) is 2.35. The molecule has 1 aliphatic heterocycles. The van der Waals surface area contributed by atoms with E-state index in [9.17, 15) is 4.39 Å². The van der Waals surface area contributed by atoms with Crippen LogP contribution in [0.25, 0.3) is 0 Å². The van der Waals surface area contributed by atoms with E-state index < -0.39 is 0 Å². The van der Waals surface area contributed by atoms with Gasteiger partial charge in [0.15, 0.2) is 0 Å². The quantitative estimate of drug-likeness (QED) is 0.924. The molecule has 2 N–H and O–H groups in total. The molecule has 3 unspecified atom stereocenters. The van der Waals surface area contributed by atoms with Gasteiger partial charge in [-0.05, 0) is 32.4 Å². The van der Waals surface area contributed by atoms with Crippen molar-refractivity contribution in [2.75, 3.05) is 17.2 Å². The lowest BCUT2D eigenvalue weighted by molar-refractivity contribution is 0.582. The van der Waals surface area contributed by atoms with Gasteiger partial charge in [-0.15, -0.1) is 0 Å². The fourth-order valence-corrected chi connectivity index (χ4v) is 3.71. The van der Waals surface area contributed by atoms with Crippen LogP contribution >= 0.6 is 11.8 Å². The third-order valence-corrected chi connectivity index (χ3v) is 5.15. The molecule has 0 aliphatic carbocycles. The molecule has 2 rings (SSSR count). The fourth-order valence-electron chi connectivity index (χ4n) is 2.61. The molecule has 0 radical (unpaired) electrons. The van der Waals surface area contributed by atoms with Gasteiger partial charge in [0.05, 0.1) is 0 Å². The number of halogens is 1. The first kappa shape index (κ1) is 14.7. The zero-order chi connectivity index (χ0) is 14.0. The van der Waals surface area contributed by atoms with E-state index in [0.29, 0.717) is 17.7 Å². The topological polar surface area (TPSA) is 29.3 Å². The first-order chi connectivity index (χ1) is 9.00. The summed E-state index contributed by atoms with van der Waals surface area (Å²) in [5.41, 5.74) is 7.66. The minimum atomic E-state index is -0.132. The van der Waals surface area contributed by atoms with Crippen LogP contribution in [0.5, 0.6) is 0 Å². The van der Waals surface area contributed by atoms with E-state index in [0.717, 1.165) is 23.5 Å². The van der Waals surface area contributed by atoms with Crippen LogP contribution in [-0.2, 0) is 6.42 Å². The number of hydrogen-bond acceptors (Lipinski definition) is 3. The monoisotopic (exact) mass is 282 g/mol. The zero-order valence-corrected chi connectivity index (χ0v) is 12.7. The second-order valence-corrected chi connectivity index (χ2v) is 6.91. The number of anilines is 1. The summed E-state index contributed by atoms with van der Waals surface area (Å²) >= 11 is 1.99. The van der Waals surface area contributed by atoms with Gasteiger partial charge in [-0.25, -0.2) is 4.39 Å². The fraction of sp³-hybridized carbons (Fsp3) is 0.600. The van der Waals surface area contributed by atoms with Crippen LogP contribution in [-0.4, -0.2) is 29.6 Å². The van der Waals surface area contributed by atoms with Crippen LogP contribution in [0.1, 0.15) is 26.3 Å². The summed E-state index contributed by atoms with van der Waals surface area (Å²) in [4.78, 5) is 2.34. The Morgan fingerprint density at radius 2 is 2.21 bits per heavy atom. The van der Waals surface area contributed by atoms with E-state index in [1.165, 1.54) is 6.07 Å². The highest BCUT2D eigenvalue weighted by atomic mass is 32.2. The third-order valence-electron chi connectivity index (χ3n) is 3.81. The molecular formula is C15H23FN2S. The zero-order valence-electron chi connectivity index (χ0n) is 11.9. The lowest BCUT2D eigenvalue weighted by Crippen LogP contribution is -2.45. The van der Waals surface area contributed by atoms with Crippen molar-refractivity contribution in [3.63, 3.8) is 0 Å².